The number of rotatable bonds is 5. The molecule has 1 aromatic carbocycles. The standard InChI is InChI=1S/C13H17ClN2O/c1-3-4-8-16-10-6-5-7-11(17-2)13(10)15-12(16)9-14/h5-7H,3-4,8-9H2,1-2H3. The highest BCUT2D eigenvalue weighted by Crippen LogP contribution is 2.26. The number of fused-ring (bicyclic) bond motifs is 1. The third-order valence-electron chi connectivity index (χ3n) is 2.90. The van der Waals surface area contributed by atoms with Crippen molar-refractivity contribution in [2.24, 2.45) is 0 Å². The first-order valence-corrected chi connectivity index (χ1v) is 6.43. The van der Waals surface area contributed by atoms with E-state index in [2.05, 4.69) is 22.5 Å². The zero-order valence-electron chi connectivity index (χ0n) is 10.2. The van der Waals surface area contributed by atoms with Crippen LogP contribution in [0.3, 0.4) is 0 Å². The van der Waals surface area contributed by atoms with E-state index in [9.17, 15) is 0 Å². The maximum absolute atomic E-state index is 5.95. The molecule has 0 aliphatic rings. The van der Waals surface area contributed by atoms with Crippen LogP contribution in [0.25, 0.3) is 11.0 Å². The van der Waals surface area contributed by atoms with Gasteiger partial charge in [0.1, 0.15) is 17.1 Å². The molecule has 17 heavy (non-hydrogen) atoms. The summed E-state index contributed by atoms with van der Waals surface area (Å²) in [6.45, 7) is 3.14. The Morgan fingerprint density at radius 3 is 2.88 bits per heavy atom. The highest BCUT2D eigenvalue weighted by molar-refractivity contribution is 6.16. The zero-order chi connectivity index (χ0) is 12.3. The first-order chi connectivity index (χ1) is 8.31. The van der Waals surface area contributed by atoms with Crippen LogP contribution < -0.4 is 4.74 Å². The summed E-state index contributed by atoms with van der Waals surface area (Å²) >= 11 is 5.95. The van der Waals surface area contributed by atoms with Crippen LogP contribution in [-0.2, 0) is 12.4 Å². The molecule has 0 aliphatic heterocycles. The first kappa shape index (κ1) is 12.2. The molecule has 2 aromatic rings. The Morgan fingerprint density at radius 2 is 2.24 bits per heavy atom. The molecule has 0 N–H and O–H groups in total. The average molecular weight is 253 g/mol. The van der Waals surface area contributed by atoms with Gasteiger partial charge in [0.05, 0.1) is 18.5 Å². The van der Waals surface area contributed by atoms with Gasteiger partial charge in [0, 0.05) is 6.54 Å². The van der Waals surface area contributed by atoms with Crippen molar-refractivity contribution in [2.45, 2.75) is 32.2 Å². The Hall–Kier alpha value is -1.22. The molecule has 0 aliphatic carbocycles. The Labute approximate surface area is 106 Å². The molecule has 1 aromatic heterocycles. The molecule has 1 heterocycles. The molecule has 0 fully saturated rings. The molecule has 0 spiro atoms. The summed E-state index contributed by atoms with van der Waals surface area (Å²) in [6.07, 6.45) is 2.29. The maximum Gasteiger partial charge on any atom is 0.146 e. The molecule has 3 nitrogen and oxygen atoms in total. The monoisotopic (exact) mass is 252 g/mol. The van der Waals surface area contributed by atoms with E-state index in [4.69, 9.17) is 16.3 Å². The predicted octanol–water partition coefficient (Wildman–Crippen LogP) is 3.58. The molecule has 0 amide bonds. The fraction of sp³-hybridized carbons (Fsp3) is 0.462. The largest absolute Gasteiger partial charge is 0.494 e. The van der Waals surface area contributed by atoms with Gasteiger partial charge >= 0.3 is 0 Å². The van der Waals surface area contributed by atoms with Crippen LogP contribution in [0.1, 0.15) is 25.6 Å². The first-order valence-electron chi connectivity index (χ1n) is 5.89. The molecule has 0 radical (unpaired) electrons. The SMILES string of the molecule is CCCCn1c(CCl)nc2c(OC)cccc21. The minimum Gasteiger partial charge on any atom is -0.494 e. The number of alkyl halides is 1. The van der Waals surface area contributed by atoms with Gasteiger partial charge in [-0.25, -0.2) is 4.98 Å². The van der Waals surface area contributed by atoms with E-state index in [1.165, 1.54) is 0 Å². The quantitative estimate of drug-likeness (QED) is 0.761. The van der Waals surface area contributed by atoms with Gasteiger partial charge in [0.2, 0.25) is 0 Å². The van der Waals surface area contributed by atoms with Crippen molar-refractivity contribution < 1.29 is 4.74 Å². The van der Waals surface area contributed by atoms with Crippen molar-refractivity contribution in [2.75, 3.05) is 7.11 Å². The lowest BCUT2D eigenvalue weighted by Crippen LogP contribution is -2.02. The number of methoxy groups -OCH3 is 1. The van der Waals surface area contributed by atoms with Gasteiger partial charge in [-0.1, -0.05) is 19.4 Å². The van der Waals surface area contributed by atoms with Crippen molar-refractivity contribution >= 4 is 22.6 Å². The normalized spacial score (nSPS) is 11.0. The smallest absolute Gasteiger partial charge is 0.146 e. The number of hydrogen-bond acceptors (Lipinski definition) is 2. The molecule has 2 rings (SSSR count). The minimum atomic E-state index is 0.432. The van der Waals surface area contributed by atoms with Crippen molar-refractivity contribution in [1.29, 1.82) is 0 Å². The summed E-state index contributed by atoms with van der Waals surface area (Å²) in [5.74, 6) is 2.16. The van der Waals surface area contributed by atoms with Gasteiger partial charge in [0.25, 0.3) is 0 Å². The lowest BCUT2D eigenvalue weighted by molar-refractivity contribution is 0.419. The average Bonchev–Trinajstić information content (AvgIpc) is 2.73. The van der Waals surface area contributed by atoms with Crippen molar-refractivity contribution in [3.05, 3.63) is 24.0 Å². The number of aromatic nitrogens is 2. The summed E-state index contributed by atoms with van der Waals surface area (Å²) in [4.78, 5) is 4.56. The van der Waals surface area contributed by atoms with Crippen molar-refractivity contribution in [1.82, 2.24) is 9.55 Å². The van der Waals surface area contributed by atoms with E-state index in [0.29, 0.717) is 5.88 Å². The second-order valence-electron chi connectivity index (χ2n) is 3.99. The summed E-state index contributed by atoms with van der Waals surface area (Å²) in [5, 5.41) is 0. The summed E-state index contributed by atoms with van der Waals surface area (Å²) in [5.41, 5.74) is 2.01. The second-order valence-corrected chi connectivity index (χ2v) is 4.26. The van der Waals surface area contributed by atoms with E-state index < -0.39 is 0 Å². The van der Waals surface area contributed by atoms with Crippen molar-refractivity contribution in [3.63, 3.8) is 0 Å². The van der Waals surface area contributed by atoms with Crippen LogP contribution in [0.15, 0.2) is 18.2 Å². The van der Waals surface area contributed by atoms with Gasteiger partial charge in [-0.3, -0.25) is 0 Å². The Morgan fingerprint density at radius 1 is 1.41 bits per heavy atom. The number of hydrogen-bond donors (Lipinski definition) is 0. The van der Waals surface area contributed by atoms with E-state index in [0.717, 1.165) is 42.0 Å². The molecule has 0 saturated heterocycles. The highest BCUT2D eigenvalue weighted by Gasteiger charge is 2.12. The Balaban J connectivity index is 2.55. The van der Waals surface area contributed by atoms with Crippen LogP contribution in [0, 0.1) is 0 Å². The zero-order valence-corrected chi connectivity index (χ0v) is 11.0. The molecule has 92 valence electrons. The number of nitrogens with zero attached hydrogens (tertiary/aromatic N) is 2. The van der Waals surface area contributed by atoms with Gasteiger partial charge < -0.3 is 9.30 Å². The number of para-hydroxylation sites is 1. The topological polar surface area (TPSA) is 27.1 Å². The second kappa shape index (κ2) is 5.41. The van der Waals surface area contributed by atoms with Gasteiger partial charge in [-0.15, -0.1) is 11.6 Å². The van der Waals surface area contributed by atoms with E-state index in [-0.39, 0.29) is 0 Å². The Kier molecular flexibility index (Phi) is 3.89. The molecular formula is C13H17ClN2O. The third kappa shape index (κ3) is 2.25. The van der Waals surface area contributed by atoms with Gasteiger partial charge in [0.15, 0.2) is 0 Å². The fourth-order valence-corrected chi connectivity index (χ4v) is 2.21. The molecule has 0 unspecified atom stereocenters. The number of unbranched alkanes of at least 4 members (excludes halogenated alkanes) is 1. The molecule has 0 bridgehead atoms. The van der Waals surface area contributed by atoms with E-state index in [1.807, 2.05) is 12.1 Å². The lowest BCUT2D eigenvalue weighted by atomic mass is 10.3. The van der Waals surface area contributed by atoms with Crippen LogP contribution in [0.2, 0.25) is 0 Å². The molecule has 0 saturated carbocycles. The van der Waals surface area contributed by atoms with E-state index >= 15 is 0 Å². The van der Waals surface area contributed by atoms with Gasteiger partial charge in [-0.2, -0.15) is 0 Å². The number of benzene rings is 1. The summed E-state index contributed by atoms with van der Waals surface area (Å²) in [7, 11) is 1.67. The lowest BCUT2D eigenvalue weighted by Gasteiger charge is -2.06. The van der Waals surface area contributed by atoms with Crippen LogP contribution in [0.4, 0.5) is 0 Å². The minimum absolute atomic E-state index is 0.432. The Bertz CT molecular complexity index is 507. The van der Waals surface area contributed by atoms with Crippen LogP contribution >= 0.6 is 11.6 Å². The predicted molar refractivity (Wildman–Crippen MR) is 70.8 cm³/mol. The third-order valence-corrected chi connectivity index (χ3v) is 3.13. The molecular weight excluding hydrogens is 236 g/mol. The number of aryl methyl sites for hydroxylation is 1. The van der Waals surface area contributed by atoms with E-state index in [1.54, 1.807) is 7.11 Å². The number of imidazole rings is 1. The number of halogens is 1. The van der Waals surface area contributed by atoms with Crippen LogP contribution in [0.5, 0.6) is 5.75 Å². The fourth-order valence-electron chi connectivity index (χ4n) is 2.00. The van der Waals surface area contributed by atoms with Gasteiger partial charge in [-0.05, 0) is 18.6 Å². The summed E-state index contributed by atoms with van der Waals surface area (Å²) < 4.78 is 7.51. The van der Waals surface area contributed by atoms with Crippen molar-refractivity contribution in [3.8, 4) is 5.75 Å². The maximum atomic E-state index is 5.95. The molecule has 4 heteroatoms. The van der Waals surface area contributed by atoms with Crippen LogP contribution in [-0.4, -0.2) is 16.7 Å². The highest BCUT2D eigenvalue weighted by atomic mass is 35.5. The molecule has 0 atom stereocenters. The number of ether oxygens (including phenoxy) is 1. The summed E-state index contributed by atoms with van der Waals surface area (Å²) in [6, 6.07) is 5.98.